The number of aromatic amines is 1. The van der Waals surface area contributed by atoms with Crippen LogP contribution in [-0.2, 0) is 4.74 Å². The number of ether oxygens (including phenoxy) is 1. The molecule has 3 heterocycles. The molecule has 1 aromatic carbocycles. The normalized spacial score (nSPS) is 12.3. The highest BCUT2D eigenvalue weighted by atomic mass is 32.1. The van der Waals surface area contributed by atoms with E-state index in [-0.39, 0.29) is 11.3 Å². The maximum atomic E-state index is 12.6. The Bertz CT molecular complexity index is 1270. The molecule has 7 nitrogen and oxygen atoms in total. The Morgan fingerprint density at radius 3 is 2.62 bits per heavy atom. The van der Waals surface area contributed by atoms with E-state index in [1.807, 2.05) is 44.2 Å². The third-order valence-electron chi connectivity index (χ3n) is 4.74. The Morgan fingerprint density at radius 2 is 1.90 bits per heavy atom. The molecular weight excluding hydrogens is 390 g/mol. The second-order valence-corrected chi connectivity index (χ2v) is 7.96. The summed E-state index contributed by atoms with van der Waals surface area (Å²) in [4.78, 5) is 38.2. The number of esters is 1. The number of thiophene rings is 1. The van der Waals surface area contributed by atoms with Gasteiger partial charge in [0.25, 0.3) is 5.56 Å². The fourth-order valence-corrected chi connectivity index (χ4v) is 4.06. The number of fused-ring (bicyclic) bond motifs is 1. The highest BCUT2D eigenvalue weighted by Crippen LogP contribution is 2.27. The van der Waals surface area contributed by atoms with Crippen LogP contribution in [0.5, 0.6) is 0 Å². The molecule has 1 atom stereocenters. The predicted molar refractivity (Wildman–Crippen MR) is 110 cm³/mol. The van der Waals surface area contributed by atoms with Gasteiger partial charge in [-0.3, -0.25) is 4.79 Å². The monoisotopic (exact) mass is 409 g/mol. The van der Waals surface area contributed by atoms with E-state index in [2.05, 4.69) is 15.0 Å². The number of oxazole rings is 1. The lowest BCUT2D eigenvalue weighted by Gasteiger charge is -2.11. The summed E-state index contributed by atoms with van der Waals surface area (Å²) in [5, 5.41) is 0.578. The first-order chi connectivity index (χ1) is 13.8. The van der Waals surface area contributed by atoms with Crippen LogP contribution < -0.4 is 5.56 Å². The molecule has 0 bridgehead atoms. The second kappa shape index (κ2) is 7.29. The predicted octanol–water partition coefficient (Wildman–Crippen LogP) is 4.48. The minimum Gasteiger partial charge on any atom is -0.450 e. The van der Waals surface area contributed by atoms with Gasteiger partial charge in [-0.25, -0.2) is 14.8 Å². The summed E-state index contributed by atoms with van der Waals surface area (Å²) in [6, 6.07) is 9.30. The quantitative estimate of drug-likeness (QED) is 0.499. The van der Waals surface area contributed by atoms with Gasteiger partial charge in [0, 0.05) is 10.4 Å². The van der Waals surface area contributed by atoms with Crippen molar-refractivity contribution in [2.45, 2.75) is 33.8 Å². The van der Waals surface area contributed by atoms with Crippen LogP contribution in [0.15, 0.2) is 39.5 Å². The molecule has 4 aromatic rings. The van der Waals surface area contributed by atoms with E-state index < -0.39 is 12.1 Å². The summed E-state index contributed by atoms with van der Waals surface area (Å²) < 4.78 is 11.1. The number of benzene rings is 1. The second-order valence-electron chi connectivity index (χ2n) is 6.75. The van der Waals surface area contributed by atoms with Crippen molar-refractivity contribution in [2.24, 2.45) is 0 Å². The van der Waals surface area contributed by atoms with E-state index in [4.69, 9.17) is 9.15 Å². The Kier molecular flexibility index (Phi) is 4.79. The number of rotatable bonds is 4. The van der Waals surface area contributed by atoms with E-state index in [0.717, 1.165) is 16.0 Å². The summed E-state index contributed by atoms with van der Waals surface area (Å²) in [5.41, 5.74) is 1.55. The number of H-pyrrole nitrogens is 1. The molecule has 29 heavy (non-hydrogen) atoms. The lowest BCUT2D eigenvalue weighted by molar-refractivity contribution is 0.0312. The van der Waals surface area contributed by atoms with Crippen molar-refractivity contribution in [3.05, 3.63) is 68.4 Å². The summed E-state index contributed by atoms with van der Waals surface area (Å²) >= 11 is 1.44. The van der Waals surface area contributed by atoms with Crippen LogP contribution in [0.3, 0.4) is 0 Å². The van der Waals surface area contributed by atoms with Crippen LogP contribution in [0, 0.1) is 20.8 Å². The van der Waals surface area contributed by atoms with Crippen LogP contribution in [0.2, 0.25) is 0 Å². The first-order valence-corrected chi connectivity index (χ1v) is 9.90. The van der Waals surface area contributed by atoms with Gasteiger partial charge in [0.15, 0.2) is 17.6 Å². The van der Waals surface area contributed by atoms with E-state index in [0.29, 0.717) is 27.7 Å². The largest absolute Gasteiger partial charge is 0.450 e. The average molecular weight is 409 g/mol. The number of carbonyl (C=O) groups is 1. The van der Waals surface area contributed by atoms with Crippen molar-refractivity contribution in [3.8, 4) is 11.5 Å². The molecule has 0 amide bonds. The van der Waals surface area contributed by atoms with Gasteiger partial charge in [-0.2, -0.15) is 0 Å². The molecule has 0 saturated carbocycles. The van der Waals surface area contributed by atoms with Gasteiger partial charge in [-0.15, -0.1) is 11.3 Å². The molecule has 148 valence electrons. The number of nitrogens with one attached hydrogen (secondary N) is 1. The van der Waals surface area contributed by atoms with Crippen LogP contribution >= 0.6 is 11.3 Å². The summed E-state index contributed by atoms with van der Waals surface area (Å²) in [5.74, 6) is 0.367. The third-order valence-corrected chi connectivity index (χ3v) is 5.84. The third kappa shape index (κ3) is 3.47. The lowest BCUT2D eigenvalue weighted by atomic mass is 10.2. The molecule has 3 aromatic heterocycles. The number of carbonyl (C=O) groups excluding carboxylic acids is 1. The maximum absolute atomic E-state index is 12.6. The molecule has 0 spiro atoms. The zero-order valence-corrected chi connectivity index (χ0v) is 17.2. The van der Waals surface area contributed by atoms with Crippen molar-refractivity contribution in [1.82, 2.24) is 15.0 Å². The fourth-order valence-electron chi connectivity index (χ4n) is 3.03. The molecule has 0 aliphatic rings. The highest BCUT2D eigenvalue weighted by molar-refractivity contribution is 7.18. The van der Waals surface area contributed by atoms with Gasteiger partial charge in [-0.05, 0) is 45.4 Å². The minimum absolute atomic E-state index is 0.0990. The number of aromatic nitrogens is 3. The lowest BCUT2D eigenvalue weighted by Crippen LogP contribution is -2.17. The van der Waals surface area contributed by atoms with Crippen molar-refractivity contribution in [3.63, 3.8) is 0 Å². The molecule has 0 aliphatic heterocycles. The summed E-state index contributed by atoms with van der Waals surface area (Å²) in [6.45, 7) is 7.15. The van der Waals surface area contributed by atoms with Crippen LogP contribution in [0.4, 0.5) is 0 Å². The molecular formula is C21H19N3O4S. The fraction of sp³-hybridized carbons (Fsp3) is 0.238. The van der Waals surface area contributed by atoms with Gasteiger partial charge in [0.1, 0.15) is 10.6 Å². The van der Waals surface area contributed by atoms with Gasteiger partial charge in [-0.1, -0.05) is 18.2 Å². The van der Waals surface area contributed by atoms with E-state index in [1.165, 1.54) is 11.3 Å². The number of hydrogen-bond acceptors (Lipinski definition) is 7. The Balaban J connectivity index is 1.60. The summed E-state index contributed by atoms with van der Waals surface area (Å²) in [7, 11) is 0. The van der Waals surface area contributed by atoms with Gasteiger partial charge in [0.2, 0.25) is 5.89 Å². The standard InChI is InChI=1S/C21H19N3O4S/c1-10-13(4)29-20-15(10)18(25)23-17(24-20)12(3)28-21(26)16-11(2)27-19(22-16)14-8-6-5-7-9-14/h5-9,12H,1-4H3,(H,23,24,25). The van der Waals surface area contributed by atoms with Gasteiger partial charge >= 0.3 is 5.97 Å². The van der Waals surface area contributed by atoms with Crippen LogP contribution in [-0.4, -0.2) is 20.9 Å². The van der Waals surface area contributed by atoms with Crippen molar-refractivity contribution in [1.29, 1.82) is 0 Å². The van der Waals surface area contributed by atoms with Gasteiger partial charge in [0.05, 0.1) is 5.39 Å². The molecule has 0 saturated heterocycles. The number of nitrogens with zero attached hydrogens (tertiary/aromatic N) is 2. The first-order valence-electron chi connectivity index (χ1n) is 9.09. The van der Waals surface area contributed by atoms with E-state index in [1.54, 1.807) is 13.8 Å². The highest BCUT2D eigenvalue weighted by Gasteiger charge is 2.24. The zero-order chi connectivity index (χ0) is 20.7. The zero-order valence-electron chi connectivity index (χ0n) is 16.4. The van der Waals surface area contributed by atoms with E-state index >= 15 is 0 Å². The molecule has 1 unspecified atom stereocenters. The first kappa shape index (κ1) is 19.1. The number of aryl methyl sites for hydroxylation is 3. The molecule has 4 rings (SSSR count). The number of hydrogen-bond donors (Lipinski definition) is 1. The van der Waals surface area contributed by atoms with Gasteiger partial charge < -0.3 is 14.1 Å². The van der Waals surface area contributed by atoms with E-state index in [9.17, 15) is 9.59 Å². The smallest absolute Gasteiger partial charge is 0.361 e. The molecule has 0 aliphatic carbocycles. The molecule has 0 radical (unpaired) electrons. The molecule has 8 heteroatoms. The Labute approximate surface area is 170 Å². The minimum atomic E-state index is -0.751. The molecule has 0 fully saturated rings. The van der Waals surface area contributed by atoms with Crippen molar-refractivity contribution >= 4 is 27.5 Å². The maximum Gasteiger partial charge on any atom is 0.361 e. The van der Waals surface area contributed by atoms with Crippen molar-refractivity contribution in [2.75, 3.05) is 0 Å². The topological polar surface area (TPSA) is 98.1 Å². The summed E-state index contributed by atoms with van der Waals surface area (Å²) in [6.07, 6.45) is -0.751. The SMILES string of the molecule is Cc1oc(-c2ccccc2)nc1C(=O)OC(C)c1nc2sc(C)c(C)c2c(=O)[nH]1. The molecule has 1 N–H and O–H groups in total. The Hall–Kier alpha value is -3.26. The Morgan fingerprint density at radius 1 is 1.17 bits per heavy atom. The van der Waals surface area contributed by atoms with Crippen LogP contribution in [0.1, 0.15) is 45.5 Å². The van der Waals surface area contributed by atoms with Crippen LogP contribution in [0.25, 0.3) is 21.7 Å². The van der Waals surface area contributed by atoms with Crippen molar-refractivity contribution < 1.29 is 13.9 Å². The average Bonchev–Trinajstić information content (AvgIpc) is 3.22.